The van der Waals surface area contributed by atoms with E-state index in [4.69, 9.17) is 9.26 Å². The Hall–Kier alpha value is -3.03. The number of rotatable bonds is 5. The van der Waals surface area contributed by atoms with Crippen LogP contribution in [0.2, 0.25) is 0 Å². The first kappa shape index (κ1) is 18.3. The van der Waals surface area contributed by atoms with E-state index in [1.165, 1.54) is 6.92 Å². The molecule has 2 fully saturated rings. The first-order valence-corrected chi connectivity index (χ1v) is 9.48. The number of ether oxygens (including phenoxy) is 1. The molecule has 146 valence electrons. The molecule has 2 aliphatic rings. The number of fused-ring (bicyclic) bond motifs is 1. The van der Waals surface area contributed by atoms with Gasteiger partial charge in [0.05, 0.1) is 11.8 Å². The minimum atomic E-state index is -0.970. The predicted octanol–water partition coefficient (Wildman–Crippen LogP) is 2.34. The van der Waals surface area contributed by atoms with Gasteiger partial charge in [-0.05, 0) is 19.8 Å². The second-order valence-corrected chi connectivity index (χ2v) is 7.21. The van der Waals surface area contributed by atoms with Crippen molar-refractivity contribution < 1.29 is 23.6 Å². The highest BCUT2D eigenvalue weighted by Gasteiger charge is 2.51. The van der Waals surface area contributed by atoms with Crippen molar-refractivity contribution in [3.8, 4) is 11.4 Å². The van der Waals surface area contributed by atoms with Crippen molar-refractivity contribution in [1.29, 1.82) is 0 Å². The van der Waals surface area contributed by atoms with E-state index in [0.717, 1.165) is 23.3 Å². The van der Waals surface area contributed by atoms with Gasteiger partial charge in [0, 0.05) is 5.56 Å². The summed E-state index contributed by atoms with van der Waals surface area (Å²) in [4.78, 5) is 42.9. The van der Waals surface area contributed by atoms with Crippen LogP contribution in [0.3, 0.4) is 0 Å². The maximum Gasteiger partial charge on any atom is 0.329 e. The average Bonchev–Trinajstić information content (AvgIpc) is 3.30. The Balaban J connectivity index is 1.38. The third-order valence-corrected chi connectivity index (χ3v) is 5.44. The van der Waals surface area contributed by atoms with E-state index >= 15 is 0 Å². The SMILES string of the molecule is C[C@@H](C(=O)OCc1nc(-c2ccccc2)no1)N1C(=O)[C@H]2CCCC[C@H]2C1=O. The number of imide groups is 1. The molecule has 28 heavy (non-hydrogen) atoms. The summed E-state index contributed by atoms with van der Waals surface area (Å²) in [5.41, 5.74) is 0.785. The molecule has 2 aromatic rings. The maximum absolute atomic E-state index is 12.6. The molecular formula is C20H21N3O5. The van der Waals surface area contributed by atoms with Gasteiger partial charge in [-0.2, -0.15) is 4.98 Å². The van der Waals surface area contributed by atoms with Gasteiger partial charge < -0.3 is 9.26 Å². The van der Waals surface area contributed by atoms with Gasteiger partial charge in [-0.3, -0.25) is 14.5 Å². The number of carbonyl (C=O) groups excluding carboxylic acids is 3. The van der Waals surface area contributed by atoms with Gasteiger partial charge in [-0.1, -0.05) is 48.3 Å². The Morgan fingerprint density at radius 2 is 1.82 bits per heavy atom. The molecule has 0 radical (unpaired) electrons. The van der Waals surface area contributed by atoms with Crippen molar-refractivity contribution in [3.05, 3.63) is 36.2 Å². The summed E-state index contributed by atoms with van der Waals surface area (Å²) in [5.74, 6) is -1.23. The normalized spacial score (nSPS) is 22.8. The van der Waals surface area contributed by atoms with Gasteiger partial charge in [0.15, 0.2) is 6.61 Å². The lowest BCUT2D eigenvalue weighted by Crippen LogP contribution is -2.44. The number of esters is 1. The highest BCUT2D eigenvalue weighted by molar-refractivity contribution is 6.07. The molecule has 2 heterocycles. The van der Waals surface area contributed by atoms with Gasteiger partial charge >= 0.3 is 5.97 Å². The number of carbonyl (C=O) groups is 3. The number of hydrogen-bond donors (Lipinski definition) is 0. The Bertz CT molecular complexity index is 870. The predicted molar refractivity (Wildman–Crippen MR) is 96.3 cm³/mol. The van der Waals surface area contributed by atoms with Crippen LogP contribution in [-0.4, -0.2) is 38.9 Å². The van der Waals surface area contributed by atoms with Crippen LogP contribution in [0, 0.1) is 11.8 Å². The van der Waals surface area contributed by atoms with Gasteiger partial charge in [-0.15, -0.1) is 0 Å². The Morgan fingerprint density at radius 3 is 2.46 bits per heavy atom. The number of nitrogens with zero attached hydrogens (tertiary/aromatic N) is 3. The van der Waals surface area contributed by atoms with Crippen LogP contribution < -0.4 is 0 Å². The van der Waals surface area contributed by atoms with E-state index in [2.05, 4.69) is 10.1 Å². The zero-order valence-electron chi connectivity index (χ0n) is 15.5. The number of likely N-dealkylation sites (tertiary alicyclic amines) is 1. The summed E-state index contributed by atoms with van der Waals surface area (Å²) >= 11 is 0. The third kappa shape index (κ3) is 3.30. The molecular weight excluding hydrogens is 362 g/mol. The maximum atomic E-state index is 12.6. The third-order valence-electron chi connectivity index (χ3n) is 5.44. The molecule has 2 amide bonds. The van der Waals surface area contributed by atoms with E-state index in [1.807, 2.05) is 30.3 Å². The standard InChI is InChI=1S/C20H21N3O5/c1-12(23-18(24)14-9-5-6-10-15(14)19(23)25)20(26)27-11-16-21-17(22-28-16)13-7-3-2-4-8-13/h2-4,7-8,12,14-15H,5-6,9-11H2,1H3/t12-,14-,15+/m0/s1. The Kier molecular flexibility index (Phi) is 4.93. The average molecular weight is 383 g/mol. The molecule has 3 atom stereocenters. The van der Waals surface area contributed by atoms with Crippen LogP contribution in [0.5, 0.6) is 0 Å². The summed E-state index contributed by atoms with van der Waals surface area (Å²) in [7, 11) is 0. The molecule has 1 aliphatic carbocycles. The van der Waals surface area contributed by atoms with E-state index in [-0.39, 0.29) is 36.1 Å². The van der Waals surface area contributed by atoms with Crippen LogP contribution in [0.15, 0.2) is 34.9 Å². The van der Waals surface area contributed by atoms with Crippen LogP contribution >= 0.6 is 0 Å². The molecule has 8 heteroatoms. The molecule has 0 spiro atoms. The van der Waals surface area contributed by atoms with Crippen LogP contribution in [-0.2, 0) is 25.7 Å². The summed E-state index contributed by atoms with van der Waals surface area (Å²) in [6.07, 6.45) is 3.29. The molecule has 0 bridgehead atoms. The van der Waals surface area contributed by atoms with Crippen LogP contribution in [0.4, 0.5) is 0 Å². The quantitative estimate of drug-likeness (QED) is 0.577. The molecule has 1 saturated heterocycles. The highest BCUT2D eigenvalue weighted by Crippen LogP contribution is 2.38. The first-order chi connectivity index (χ1) is 13.6. The van der Waals surface area contributed by atoms with Crippen molar-refractivity contribution in [2.75, 3.05) is 0 Å². The van der Waals surface area contributed by atoms with Gasteiger partial charge in [-0.25, -0.2) is 4.79 Å². The zero-order chi connectivity index (χ0) is 19.7. The summed E-state index contributed by atoms with van der Waals surface area (Å²) in [6.45, 7) is 1.30. The van der Waals surface area contributed by atoms with Crippen LogP contribution in [0.1, 0.15) is 38.5 Å². The second kappa shape index (κ2) is 7.53. The summed E-state index contributed by atoms with van der Waals surface area (Å²) in [5, 5.41) is 3.86. The smallest absolute Gasteiger partial charge is 0.329 e. The van der Waals surface area contributed by atoms with Crippen molar-refractivity contribution in [3.63, 3.8) is 0 Å². The molecule has 0 unspecified atom stereocenters. The van der Waals surface area contributed by atoms with Gasteiger partial charge in [0.2, 0.25) is 17.6 Å². The fraction of sp³-hybridized carbons (Fsp3) is 0.450. The van der Waals surface area contributed by atoms with Gasteiger partial charge in [0.1, 0.15) is 6.04 Å². The molecule has 1 saturated carbocycles. The molecule has 0 N–H and O–H groups in total. The second-order valence-electron chi connectivity index (χ2n) is 7.21. The Labute approximate surface area is 161 Å². The molecule has 1 aromatic heterocycles. The van der Waals surface area contributed by atoms with E-state index in [0.29, 0.717) is 18.7 Å². The molecule has 4 rings (SSSR count). The zero-order valence-corrected chi connectivity index (χ0v) is 15.5. The van der Waals surface area contributed by atoms with E-state index in [9.17, 15) is 14.4 Å². The van der Waals surface area contributed by atoms with Crippen molar-refractivity contribution >= 4 is 17.8 Å². The lowest BCUT2D eigenvalue weighted by molar-refractivity contribution is -0.159. The molecule has 1 aromatic carbocycles. The minimum absolute atomic E-state index is 0.146. The lowest BCUT2D eigenvalue weighted by Gasteiger charge is -2.21. The summed E-state index contributed by atoms with van der Waals surface area (Å²) in [6, 6.07) is 8.30. The van der Waals surface area contributed by atoms with Crippen molar-refractivity contribution in [2.24, 2.45) is 11.8 Å². The van der Waals surface area contributed by atoms with Crippen molar-refractivity contribution in [1.82, 2.24) is 15.0 Å². The number of benzene rings is 1. The summed E-state index contributed by atoms with van der Waals surface area (Å²) < 4.78 is 10.3. The van der Waals surface area contributed by atoms with E-state index in [1.54, 1.807) is 0 Å². The fourth-order valence-corrected chi connectivity index (χ4v) is 3.95. The minimum Gasteiger partial charge on any atom is -0.454 e. The lowest BCUT2D eigenvalue weighted by atomic mass is 9.81. The number of amides is 2. The highest BCUT2D eigenvalue weighted by atomic mass is 16.6. The Morgan fingerprint density at radius 1 is 1.18 bits per heavy atom. The first-order valence-electron chi connectivity index (χ1n) is 9.48. The largest absolute Gasteiger partial charge is 0.454 e. The molecule has 1 aliphatic heterocycles. The fourth-order valence-electron chi connectivity index (χ4n) is 3.95. The number of hydrogen-bond acceptors (Lipinski definition) is 7. The monoisotopic (exact) mass is 383 g/mol. The van der Waals surface area contributed by atoms with Crippen LogP contribution in [0.25, 0.3) is 11.4 Å². The topological polar surface area (TPSA) is 103 Å². The molecule has 8 nitrogen and oxygen atoms in total. The van der Waals surface area contributed by atoms with E-state index < -0.39 is 12.0 Å². The number of aromatic nitrogens is 2. The van der Waals surface area contributed by atoms with Gasteiger partial charge in [0.25, 0.3) is 5.89 Å². The van der Waals surface area contributed by atoms with Crippen molar-refractivity contribution in [2.45, 2.75) is 45.3 Å².